The highest BCUT2D eigenvalue weighted by molar-refractivity contribution is 5.95. The van der Waals surface area contributed by atoms with E-state index in [0.717, 1.165) is 27.9 Å². The second-order valence-electron chi connectivity index (χ2n) is 6.93. The van der Waals surface area contributed by atoms with Gasteiger partial charge in [-0.25, -0.2) is 4.98 Å². The van der Waals surface area contributed by atoms with Gasteiger partial charge >= 0.3 is 0 Å². The van der Waals surface area contributed by atoms with Crippen molar-refractivity contribution in [1.82, 2.24) is 9.97 Å². The summed E-state index contributed by atoms with van der Waals surface area (Å²) in [5, 5.41) is 12.0. The number of aliphatic hydroxyl groups excluding tert-OH is 1. The minimum absolute atomic E-state index is 0.471. The molecule has 0 bridgehead atoms. The Morgan fingerprint density at radius 2 is 1.48 bits per heavy atom. The lowest BCUT2D eigenvalue weighted by molar-refractivity contribution is 0.218. The number of ether oxygens (including phenoxy) is 4. The smallest absolute Gasteiger partial charge is 0.203 e. The van der Waals surface area contributed by atoms with Crippen LogP contribution < -0.4 is 18.9 Å². The molecule has 7 nitrogen and oxygen atoms in total. The van der Waals surface area contributed by atoms with Crippen molar-refractivity contribution in [3.05, 3.63) is 66.0 Å². The molecule has 0 fully saturated rings. The van der Waals surface area contributed by atoms with Gasteiger partial charge < -0.3 is 29.0 Å². The molecular weight excluding hydrogens is 396 g/mol. The number of pyridine rings is 1. The van der Waals surface area contributed by atoms with E-state index in [0.29, 0.717) is 28.4 Å². The van der Waals surface area contributed by atoms with Crippen LogP contribution in [0, 0.1) is 0 Å². The molecule has 0 spiro atoms. The lowest BCUT2D eigenvalue weighted by Gasteiger charge is -2.17. The highest BCUT2D eigenvalue weighted by atomic mass is 16.5. The van der Waals surface area contributed by atoms with Crippen LogP contribution in [-0.2, 0) is 0 Å². The van der Waals surface area contributed by atoms with Crippen LogP contribution in [0.3, 0.4) is 0 Å². The van der Waals surface area contributed by atoms with Crippen LogP contribution in [0.1, 0.15) is 17.2 Å². The molecule has 31 heavy (non-hydrogen) atoms. The maximum atomic E-state index is 11.1. The number of hydrogen-bond acceptors (Lipinski definition) is 6. The number of methoxy groups -OCH3 is 4. The van der Waals surface area contributed by atoms with E-state index in [4.69, 9.17) is 18.9 Å². The van der Waals surface area contributed by atoms with E-state index in [1.807, 2.05) is 36.5 Å². The number of para-hydroxylation sites is 1. The highest BCUT2D eigenvalue weighted by Gasteiger charge is 2.20. The van der Waals surface area contributed by atoms with Gasteiger partial charge in [0.2, 0.25) is 5.75 Å². The number of rotatable bonds is 7. The summed E-state index contributed by atoms with van der Waals surface area (Å²) < 4.78 is 21.7. The van der Waals surface area contributed by atoms with Crippen molar-refractivity contribution in [1.29, 1.82) is 0 Å². The Balaban J connectivity index is 1.80. The van der Waals surface area contributed by atoms with Crippen LogP contribution in [0.4, 0.5) is 0 Å². The molecule has 2 aromatic carbocycles. The molecule has 160 valence electrons. The standard InChI is InChI=1S/C24H24N2O5/c1-28-19-8-6-5-7-16(19)18-13-26-24-17(18)9-15(12-25-24)22(27)14-10-20(29-2)23(31-4)21(11-14)30-3/h5-13,22,27H,1-4H3,(H,25,26). The van der Waals surface area contributed by atoms with Gasteiger partial charge in [-0.05, 0) is 29.8 Å². The van der Waals surface area contributed by atoms with Crippen LogP contribution in [-0.4, -0.2) is 43.5 Å². The van der Waals surface area contributed by atoms with E-state index in [9.17, 15) is 5.11 Å². The monoisotopic (exact) mass is 420 g/mol. The zero-order valence-electron chi connectivity index (χ0n) is 17.8. The number of H-pyrrole nitrogens is 1. The van der Waals surface area contributed by atoms with Gasteiger partial charge in [0.25, 0.3) is 0 Å². The minimum Gasteiger partial charge on any atom is -0.496 e. The van der Waals surface area contributed by atoms with Gasteiger partial charge in [0, 0.05) is 34.5 Å². The number of aliphatic hydroxyl groups is 1. The van der Waals surface area contributed by atoms with Crippen molar-refractivity contribution in [3.8, 4) is 34.1 Å². The van der Waals surface area contributed by atoms with Crippen molar-refractivity contribution in [2.45, 2.75) is 6.10 Å². The molecule has 2 heterocycles. The van der Waals surface area contributed by atoms with Gasteiger partial charge in [0.15, 0.2) is 11.5 Å². The number of hydrogen-bond donors (Lipinski definition) is 2. The third-order valence-electron chi connectivity index (χ3n) is 5.27. The van der Waals surface area contributed by atoms with Crippen molar-refractivity contribution in [3.63, 3.8) is 0 Å². The third-order valence-corrected chi connectivity index (χ3v) is 5.27. The zero-order valence-corrected chi connectivity index (χ0v) is 17.8. The molecule has 0 aliphatic heterocycles. The van der Waals surface area contributed by atoms with Crippen LogP contribution in [0.5, 0.6) is 23.0 Å². The van der Waals surface area contributed by atoms with Gasteiger partial charge in [-0.15, -0.1) is 0 Å². The van der Waals surface area contributed by atoms with Crippen molar-refractivity contribution >= 4 is 11.0 Å². The summed E-state index contributed by atoms with van der Waals surface area (Å²) in [7, 11) is 6.27. The third kappa shape index (κ3) is 3.64. The Morgan fingerprint density at radius 3 is 2.13 bits per heavy atom. The maximum absolute atomic E-state index is 11.1. The topological polar surface area (TPSA) is 85.8 Å². The second-order valence-corrected chi connectivity index (χ2v) is 6.93. The van der Waals surface area contributed by atoms with Crippen molar-refractivity contribution < 1.29 is 24.1 Å². The highest BCUT2D eigenvalue weighted by Crippen LogP contribution is 2.41. The number of fused-ring (bicyclic) bond motifs is 1. The number of benzene rings is 2. The fraction of sp³-hybridized carbons (Fsp3) is 0.208. The summed E-state index contributed by atoms with van der Waals surface area (Å²) in [6, 6.07) is 13.2. The molecule has 0 radical (unpaired) electrons. The van der Waals surface area contributed by atoms with Crippen LogP contribution in [0.2, 0.25) is 0 Å². The maximum Gasteiger partial charge on any atom is 0.203 e. The van der Waals surface area contributed by atoms with E-state index in [1.54, 1.807) is 46.8 Å². The molecule has 0 aliphatic carbocycles. The second kappa shape index (κ2) is 8.57. The lowest BCUT2D eigenvalue weighted by Crippen LogP contribution is -2.03. The molecular formula is C24H24N2O5. The minimum atomic E-state index is -0.939. The molecule has 0 aliphatic rings. The summed E-state index contributed by atoms with van der Waals surface area (Å²) in [6.07, 6.45) is 2.61. The lowest BCUT2D eigenvalue weighted by atomic mass is 9.99. The van der Waals surface area contributed by atoms with Crippen LogP contribution in [0.25, 0.3) is 22.2 Å². The Bertz CT molecular complexity index is 1190. The molecule has 1 unspecified atom stereocenters. The first kappa shape index (κ1) is 20.6. The fourth-order valence-corrected chi connectivity index (χ4v) is 3.71. The molecule has 2 aromatic heterocycles. The largest absolute Gasteiger partial charge is 0.496 e. The van der Waals surface area contributed by atoms with E-state index in [-0.39, 0.29) is 0 Å². The Hall–Kier alpha value is -3.71. The van der Waals surface area contributed by atoms with E-state index in [1.165, 1.54) is 0 Å². The quantitative estimate of drug-likeness (QED) is 0.462. The van der Waals surface area contributed by atoms with Gasteiger partial charge in [-0.1, -0.05) is 18.2 Å². The molecule has 4 aromatic rings. The Morgan fingerprint density at radius 1 is 0.806 bits per heavy atom. The predicted octanol–water partition coefficient (Wildman–Crippen LogP) is 4.35. The van der Waals surface area contributed by atoms with Crippen molar-refractivity contribution in [2.24, 2.45) is 0 Å². The Kier molecular flexibility index (Phi) is 5.68. The molecule has 4 rings (SSSR count). The van der Waals surface area contributed by atoms with Gasteiger partial charge in [0.1, 0.15) is 17.5 Å². The molecule has 7 heteroatoms. The van der Waals surface area contributed by atoms with E-state index < -0.39 is 6.10 Å². The number of aromatic amines is 1. The first-order chi connectivity index (χ1) is 15.1. The van der Waals surface area contributed by atoms with E-state index >= 15 is 0 Å². The summed E-state index contributed by atoms with van der Waals surface area (Å²) in [4.78, 5) is 7.70. The summed E-state index contributed by atoms with van der Waals surface area (Å²) >= 11 is 0. The normalized spacial score (nSPS) is 11.9. The zero-order chi connectivity index (χ0) is 22.0. The van der Waals surface area contributed by atoms with Crippen LogP contribution in [0.15, 0.2) is 54.9 Å². The van der Waals surface area contributed by atoms with Crippen LogP contribution >= 0.6 is 0 Å². The van der Waals surface area contributed by atoms with Crippen molar-refractivity contribution in [2.75, 3.05) is 28.4 Å². The number of nitrogens with one attached hydrogen (secondary N) is 1. The average Bonchev–Trinajstić information content (AvgIpc) is 3.25. The predicted molar refractivity (Wildman–Crippen MR) is 118 cm³/mol. The van der Waals surface area contributed by atoms with Gasteiger partial charge in [-0.2, -0.15) is 0 Å². The van der Waals surface area contributed by atoms with E-state index in [2.05, 4.69) is 9.97 Å². The Labute approximate surface area is 180 Å². The molecule has 2 N–H and O–H groups in total. The number of aromatic nitrogens is 2. The first-order valence-electron chi connectivity index (χ1n) is 9.69. The molecule has 0 saturated heterocycles. The first-order valence-corrected chi connectivity index (χ1v) is 9.69. The summed E-state index contributed by atoms with van der Waals surface area (Å²) in [5.74, 6) is 2.18. The SMILES string of the molecule is COc1ccccc1-c1c[nH]c2ncc(C(O)c3cc(OC)c(OC)c(OC)c3)cc12. The molecule has 0 amide bonds. The molecule has 1 atom stereocenters. The van der Waals surface area contributed by atoms with Gasteiger partial charge in [0.05, 0.1) is 28.4 Å². The average molecular weight is 420 g/mol. The fourth-order valence-electron chi connectivity index (χ4n) is 3.71. The summed E-state index contributed by atoms with van der Waals surface area (Å²) in [6.45, 7) is 0. The number of nitrogens with zero attached hydrogens (tertiary/aromatic N) is 1. The summed E-state index contributed by atoms with van der Waals surface area (Å²) in [5.41, 5.74) is 3.85. The molecule has 0 saturated carbocycles. The van der Waals surface area contributed by atoms with Gasteiger partial charge in [-0.3, -0.25) is 0 Å².